The molecule has 94 valence electrons. The minimum Gasteiger partial charge on any atom is -0.440 e. The van der Waals surface area contributed by atoms with Crippen LogP contribution < -0.4 is 5.32 Å². The lowest BCUT2D eigenvalue weighted by atomic mass is 10.1. The minimum absolute atomic E-state index is 0.0722. The normalized spacial score (nSPS) is 10.3. The van der Waals surface area contributed by atoms with E-state index in [-0.39, 0.29) is 5.69 Å². The Kier molecular flexibility index (Phi) is 3.83. The Labute approximate surface area is 108 Å². The lowest BCUT2D eigenvalue weighted by Crippen LogP contribution is -2.00. The van der Waals surface area contributed by atoms with Crippen LogP contribution in [-0.2, 0) is 5.75 Å². The van der Waals surface area contributed by atoms with Crippen molar-refractivity contribution < 1.29 is 9.34 Å². The molecule has 1 N–H and O–H groups in total. The summed E-state index contributed by atoms with van der Waals surface area (Å²) in [6.07, 6.45) is 3.06. The highest BCUT2D eigenvalue weighted by Crippen LogP contribution is 2.32. The summed E-state index contributed by atoms with van der Waals surface area (Å²) >= 11 is 1.39. The van der Waals surface area contributed by atoms with E-state index in [1.54, 1.807) is 19.3 Å². The van der Waals surface area contributed by atoms with Gasteiger partial charge in [0.05, 0.1) is 11.1 Å². The van der Waals surface area contributed by atoms with Gasteiger partial charge in [0.25, 0.3) is 10.9 Å². The molecule has 1 aromatic heterocycles. The van der Waals surface area contributed by atoms with Crippen LogP contribution in [0.5, 0.6) is 0 Å². The molecular formula is C11H11N3O3S. The third-order valence-electron chi connectivity index (χ3n) is 2.34. The number of oxazole rings is 1. The number of nitro groups is 1. The predicted octanol–water partition coefficient (Wildman–Crippen LogP) is 2.92. The first-order valence-electron chi connectivity index (χ1n) is 5.18. The summed E-state index contributed by atoms with van der Waals surface area (Å²) < 4.78 is 5.10. The predicted molar refractivity (Wildman–Crippen MR) is 68.7 cm³/mol. The zero-order chi connectivity index (χ0) is 13.0. The first-order valence-corrected chi connectivity index (χ1v) is 6.17. The molecule has 2 rings (SSSR count). The van der Waals surface area contributed by atoms with Gasteiger partial charge >= 0.3 is 0 Å². The van der Waals surface area contributed by atoms with Gasteiger partial charge in [-0.3, -0.25) is 10.1 Å². The third-order valence-corrected chi connectivity index (χ3v) is 3.24. The average molecular weight is 265 g/mol. The van der Waals surface area contributed by atoms with E-state index < -0.39 is 4.92 Å². The number of aromatic nitrogens is 1. The van der Waals surface area contributed by atoms with Crippen molar-refractivity contribution in [1.29, 1.82) is 0 Å². The van der Waals surface area contributed by atoms with E-state index in [1.165, 1.54) is 24.1 Å². The van der Waals surface area contributed by atoms with Crippen LogP contribution in [0.25, 0.3) is 0 Å². The van der Waals surface area contributed by atoms with E-state index in [2.05, 4.69) is 10.3 Å². The van der Waals surface area contributed by atoms with Crippen molar-refractivity contribution in [2.75, 3.05) is 12.4 Å². The Bertz CT molecular complexity index is 542. The van der Waals surface area contributed by atoms with Gasteiger partial charge in [0, 0.05) is 18.9 Å². The lowest BCUT2D eigenvalue weighted by Gasteiger charge is -2.08. The molecule has 0 bridgehead atoms. The number of hydrogen-bond donors (Lipinski definition) is 1. The summed E-state index contributed by atoms with van der Waals surface area (Å²) in [6, 6.07) is 4.99. The molecule has 7 heteroatoms. The van der Waals surface area contributed by atoms with E-state index in [0.29, 0.717) is 16.7 Å². The van der Waals surface area contributed by atoms with Crippen molar-refractivity contribution in [2.24, 2.45) is 0 Å². The number of para-hydroxylation sites is 1. The average Bonchev–Trinajstić information content (AvgIpc) is 2.88. The van der Waals surface area contributed by atoms with Gasteiger partial charge in [-0.05, 0) is 5.56 Å². The molecule has 1 aromatic carbocycles. The number of thioether (sulfide) groups is 1. The Morgan fingerprint density at radius 1 is 1.56 bits per heavy atom. The molecule has 0 radical (unpaired) electrons. The molecule has 18 heavy (non-hydrogen) atoms. The van der Waals surface area contributed by atoms with Crippen LogP contribution in [0.4, 0.5) is 11.4 Å². The highest BCUT2D eigenvalue weighted by Gasteiger charge is 2.16. The molecule has 0 atom stereocenters. The van der Waals surface area contributed by atoms with E-state index in [4.69, 9.17) is 4.42 Å². The topological polar surface area (TPSA) is 81.2 Å². The van der Waals surface area contributed by atoms with Gasteiger partial charge in [0.15, 0.2) is 0 Å². The molecule has 0 fully saturated rings. The Morgan fingerprint density at radius 3 is 3.00 bits per heavy atom. The maximum absolute atomic E-state index is 10.9. The summed E-state index contributed by atoms with van der Waals surface area (Å²) in [5.41, 5.74) is 1.44. The van der Waals surface area contributed by atoms with Gasteiger partial charge in [-0.2, -0.15) is 0 Å². The number of rotatable bonds is 5. The fourth-order valence-electron chi connectivity index (χ4n) is 1.57. The first-order chi connectivity index (χ1) is 8.72. The highest BCUT2D eigenvalue weighted by atomic mass is 32.2. The van der Waals surface area contributed by atoms with Crippen LogP contribution in [0.1, 0.15) is 5.56 Å². The smallest absolute Gasteiger partial charge is 0.292 e. The zero-order valence-corrected chi connectivity index (χ0v) is 10.4. The minimum atomic E-state index is -0.398. The van der Waals surface area contributed by atoms with Gasteiger partial charge in [0.2, 0.25) is 0 Å². The summed E-state index contributed by atoms with van der Waals surface area (Å²) in [5.74, 6) is 0.554. The van der Waals surface area contributed by atoms with E-state index in [0.717, 1.165) is 5.56 Å². The van der Waals surface area contributed by atoms with Crippen LogP contribution in [-0.4, -0.2) is 17.0 Å². The fourth-order valence-corrected chi connectivity index (χ4v) is 2.35. The van der Waals surface area contributed by atoms with Crippen molar-refractivity contribution in [3.63, 3.8) is 0 Å². The van der Waals surface area contributed by atoms with Crippen molar-refractivity contribution in [2.45, 2.75) is 11.0 Å². The van der Waals surface area contributed by atoms with E-state index in [9.17, 15) is 10.1 Å². The Hall–Kier alpha value is -2.02. The molecule has 0 aliphatic heterocycles. The zero-order valence-electron chi connectivity index (χ0n) is 9.62. The maximum Gasteiger partial charge on any atom is 0.292 e. The van der Waals surface area contributed by atoms with Crippen LogP contribution in [0, 0.1) is 10.1 Å². The number of anilines is 1. The second kappa shape index (κ2) is 5.54. The molecule has 2 aromatic rings. The molecule has 0 saturated carbocycles. The van der Waals surface area contributed by atoms with Gasteiger partial charge in [-0.25, -0.2) is 4.98 Å². The Morgan fingerprint density at radius 2 is 2.39 bits per heavy atom. The molecule has 0 saturated heterocycles. The van der Waals surface area contributed by atoms with Gasteiger partial charge < -0.3 is 9.73 Å². The number of nitrogens with zero attached hydrogens (tertiary/aromatic N) is 2. The van der Waals surface area contributed by atoms with Crippen LogP contribution >= 0.6 is 11.8 Å². The second-order valence-electron chi connectivity index (χ2n) is 3.41. The van der Waals surface area contributed by atoms with Crippen LogP contribution in [0.3, 0.4) is 0 Å². The SMILES string of the molecule is CNc1c(CSc2ncco2)cccc1[N+](=O)[O-]. The standard InChI is InChI=1S/C11H11N3O3S/c1-12-10-8(3-2-4-9(10)14(15)16)7-18-11-13-5-6-17-11/h2-6,12H,7H2,1H3. The van der Waals surface area contributed by atoms with Crippen molar-refractivity contribution >= 4 is 23.1 Å². The Balaban J connectivity index is 2.22. The number of nitro benzene ring substituents is 1. The number of benzene rings is 1. The molecule has 0 unspecified atom stereocenters. The molecule has 0 spiro atoms. The van der Waals surface area contributed by atoms with Gasteiger partial charge in [-0.1, -0.05) is 23.9 Å². The van der Waals surface area contributed by atoms with Gasteiger partial charge in [0.1, 0.15) is 12.0 Å². The van der Waals surface area contributed by atoms with Crippen molar-refractivity contribution in [1.82, 2.24) is 4.98 Å². The van der Waals surface area contributed by atoms with Crippen LogP contribution in [0.15, 0.2) is 40.3 Å². The molecule has 0 aliphatic rings. The van der Waals surface area contributed by atoms with Crippen LogP contribution in [0.2, 0.25) is 0 Å². The third kappa shape index (κ3) is 2.62. The number of hydrogen-bond acceptors (Lipinski definition) is 6. The van der Waals surface area contributed by atoms with Gasteiger partial charge in [-0.15, -0.1) is 0 Å². The van der Waals surface area contributed by atoms with E-state index >= 15 is 0 Å². The fraction of sp³-hybridized carbons (Fsp3) is 0.182. The molecular weight excluding hydrogens is 254 g/mol. The van der Waals surface area contributed by atoms with Crippen molar-refractivity contribution in [3.05, 3.63) is 46.3 Å². The monoisotopic (exact) mass is 265 g/mol. The molecule has 0 amide bonds. The number of nitrogens with one attached hydrogen (secondary N) is 1. The molecule has 0 aliphatic carbocycles. The molecule has 1 heterocycles. The molecule has 6 nitrogen and oxygen atoms in total. The van der Waals surface area contributed by atoms with E-state index in [1.807, 2.05) is 6.07 Å². The summed E-state index contributed by atoms with van der Waals surface area (Å²) in [6.45, 7) is 0. The maximum atomic E-state index is 10.9. The second-order valence-corrected chi connectivity index (χ2v) is 4.33. The quantitative estimate of drug-likeness (QED) is 0.508. The summed E-state index contributed by atoms with van der Waals surface area (Å²) in [4.78, 5) is 14.5. The highest BCUT2D eigenvalue weighted by molar-refractivity contribution is 7.98. The largest absolute Gasteiger partial charge is 0.440 e. The lowest BCUT2D eigenvalue weighted by molar-refractivity contribution is -0.384. The van der Waals surface area contributed by atoms with Crippen molar-refractivity contribution in [3.8, 4) is 0 Å². The first kappa shape index (κ1) is 12.4. The summed E-state index contributed by atoms with van der Waals surface area (Å²) in [7, 11) is 1.67. The summed E-state index contributed by atoms with van der Waals surface area (Å²) in [5, 5.41) is 14.3.